The third kappa shape index (κ3) is 6.08. The van der Waals surface area contributed by atoms with E-state index in [2.05, 4.69) is 5.32 Å². The summed E-state index contributed by atoms with van der Waals surface area (Å²) in [6.07, 6.45) is 1.48. The van der Waals surface area contributed by atoms with Gasteiger partial charge in [-0.1, -0.05) is 34.1 Å². The molecule has 0 rings (SSSR count). The lowest BCUT2D eigenvalue weighted by atomic mass is 9.70. The smallest absolute Gasteiger partial charge is 0.224 e. The van der Waals surface area contributed by atoms with E-state index in [0.717, 1.165) is 6.42 Å². The summed E-state index contributed by atoms with van der Waals surface area (Å²) in [7, 11) is 0. The lowest BCUT2D eigenvalue weighted by Crippen LogP contribution is -2.51. The summed E-state index contributed by atoms with van der Waals surface area (Å²) in [5.41, 5.74) is 4.89. The lowest BCUT2D eigenvalue weighted by Gasteiger charge is -2.36. The van der Waals surface area contributed by atoms with Gasteiger partial charge in [-0.2, -0.15) is 0 Å². The first-order valence-electron chi connectivity index (χ1n) is 7.01. The van der Waals surface area contributed by atoms with Gasteiger partial charge < -0.3 is 11.1 Å². The van der Waals surface area contributed by atoms with E-state index in [1.807, 2.05) is 48.5 Å². The van der Waals surface area contributed by atoms with Gasteiger partial charge in [-0.25, -0.2) is 0 Å². The summed E-state index contributed by atoms with van der Waals surface area (Å²) in [5.74, 6) is -1.28. The monoisotopic (exact) mass is 270 g/mol. The van der Waals surface area contributed by atoms with Crippen LogP contribution >= 0.6 is 0 Å². The molecule has 4 heteroatoms. The Bertz CT molecular complexity index is 324. The largest absolute Gasteiger partial charge is 0.369 e. The van der Waals surface area contributed by atoms with Crippen molar-refractivity contribution < 1.29 is 9.59 Å². The molecule has 0 aromatic carbocycles. The number of rotatable bonds is 5. The average molecular weight is 270 g/mol. The van der Waals surface area contributed by atoms with E-state index in [1.54, 1.807) is 0 Å². The van der Waals surface area contributed by atoms with Crippen LogP contribution in [0.3, 0.4) is 0 Å². The van der Waals surface area contributed by atoms with Crippen LogP contribution in [0.25, 0.3) is 0 Å². The first-order chi connectivity index (χ1) is 8.40. The zero-order valence-corrected chi connectivity index (χ0v) is 13.5. The highest BCUT2D eigenvalue weighted by molar-refractivity contribution is 5.87. The number of hydrogen-bond donors (Lipinski definition) is 2. The second-order valence-corrected chi connectivity index (χ2v) is 7.38. The third-order valence-corrected chi connectivity index (χ3v) is 3.08. The topological polar surface area (TPSA) is 72.2 Å². The predicted molar refractivity (Wildman–Crippen MR) is 78.4 cm³/mol. The third-order valence-electron chi connectivity index (χ3n) is 3.08. The molecule has 112 valence electrons. The molecular formula is C15H30N2O2. The molecule has 2 amide bonds. The number of nitrogens with two attached hydrogens (primary N) is 1. The van der Waals surface area contributed by atoms with Gasteiger partial charge in [-0.15, -0.1) is 0 Å². The highest BCUT2D eigenvalue weighted by Gasteiger charge is 2.41. The molecular weight excluding hydrogens is 240 g/mol. The van der Waals surface area contributed by atoms with Gasteiger partial charge >= 0.3 is 0 Å². The number of hydrogen-bond acceptors (Lipinski definition) is 2. The Morgan fingerprint density at radius 1 is 1.11 bits per heavy atom. The Morgan fingerprint density at radius 3 is 1.84 bits per heavy atom. The molecule has 0 spiro atoms. The zero-order chi connectivity index (χ0) is 15.4. The number of carbonyl (C=O) groups is 2. The van der Waals surface area contributed by atoms with Gasteiger partial charge in [0.25, 0.3) is 0 Å². The number of primary amides is 1. The molecule has 0 heterocycles. The summed E-state index contributed by atoms with van der Waals surface area (Å²) < 4.78 is 0. The Hall–Kier alpha value is -1.06. The van der Waals surface area contributed by atoms with Gasteiger partial charge in [0.1, 0.15) is 0 Å². The summed E-state index contributed by atoms with van der Waals surface area (Å²) in [6.45, 7) is 13.7. The van der Waals surface area contributed by atoms with Crippen molar-refractivity contribution in [2.45, 2.75) is 66.8 Å². The van der Waals surface area contributed by atoms with Crippen LogP contribution in [0.2, 0.25) is 0 Å². The summed E-state index contributed by atoms with van der Waals surface area (Å²) in [4.78, 5) is 24.2. The van der Waals surface area contributed by atoms with E-state index in [1.165, 1.54) is 0 Å². The van der Waals surface area contributed by atoms with E-state index in [0.29, 0.717) is 6.42 Å². The fourth-order valence-electron chi connectivity index (χ4n) is 2.41. The molecule has 3 N–H and O–H groups in total. The fraction of sp³-hybridized carbons (Fsp3) is 0.867. The molecule has 0 aliphatic carbocycles. The maximum atomic E-state index is 12.5. The molecule has 0 saturated heterocycles. The summed E-state index contributed by atoms with van der Waals surface area (Å²) in [5, 5.41) is 2.97. The molecule has 0 aliphatic heterocycles. The second-order valence-electron chi connectivity index (χ2n) is 7.38. The minimum absolute atomic E-state index is 0.0859. The van der Waals surface area contributed by atoms with E-state index < -0.39 is 11.8 Å². The lowest BCUT2D eigenvalue weighted by molar-refractivity contribution is -0.139. The Morgan fingerprint density at radius 2 is 1.58 bits per heavy atom. The maximum absolute atomic E-state index is 12.5. The minimum atomic E-state index is -0.410. The van der Waals surface area contributed by atoms with E-state index >= 15 is 0 Å². The number of amides is 2. The SMILES string of the molecule is CCCC(C(N)=O)[C@H](C(=O)NC(C)(C)C)C(C)(C)C. The molecule has 19 heavy (non-hydrogen) atoms. The van der Waals surface area contributed by atoms with Gasteiger partial charge in [0.15, 0.2) is 0 Å². The van der Waals surface area contributed by atoms with Gasteiger partial charge in [0, 0.05) is 11.5 Å². The molecule has 0 radical (unpaired) electrons. The van der Waals surface area contributed by atoms with E-state index in [9.17, 15) is 9.59 Å². The van der Waals surface area contributed by atoms with Gasteiger partial charge in [0.05, 0.1) is 5.92 Å². The van der Waals surface area contributed by atoms with Crippen molar-refractivity contribution >= 4 is 11.8 Å². The normalized spacial score (nSPS) is 15.7. The van der Waals surface area contributed by atoms with Gasteiger partial charge in [-0.3, -0.25) is 9.59 Å². The molecule has 4 nitrogen and oxygen atoms in total. The molecule has 2 atom stereocenters. The number of nitrogens with one attached hydrogen (secondary N) is 1. The van der Waals surface area contributed by atoms with Crippen molar-refractivity contribution in [2.75, 3.05) is 0 Å². The Kier molecular flexibility index (Phi) is 6.04. The van der Waals surface area contributed by atoms with Gasteiger partial charge in [-0.05, 0) is 32.6 Å². The first-order valence-corrected chi connectivity index (χ1v) is 7.01. The fourth-order valence-corrected chi connectivity index (χ4v) is 2.41. The van der Waals surface area contributed by atoms with Crippen molar-refractivity contribution in [2.24, 2.45) is 23.0 Å². The molecule has 0 fully saturated rings. The molecule has 1 unspecified atom stereocenters. The van der Waals surface area contributed by atoms with Crippen LogP contribution < -0.4 is 11.1 Å². The van der Waals surface area contributed by atoms with E-state index in [-0.39, 0.29) is 22.8 Å². The molecule has 0 saturated carbocycles. The maximum Gasteiger partial charge on any atom is 0.224 e. The highest BCUT2D eigenvalue weighted by Crippen LogP contribution is 2.35. The van der Waals surface area contributed by atoms with Crippen LogP contribution in [0.4, 0.5) is 0 Å². The van der Waals surface area contributed by atoms with Crippen molar-refractivity contribution in [1.29, 1.82) is 0 Å². The van der Waals surface area contributed by atoms with Crippen LogP contribution in [-0.4, -0.2) is 17.4 Å². The molecule has 0 bridgehead atoms. The molecule has 0 aromatic rings. The molecule has 0 aromatic heterocycles. The Balaban J connectivity index is 5.32. The van der Waals surface area contributed by atoms with Crippen LogP contribution in [0, 0.1) is 17.3 Å². The standard InChI is InChI=1S/C15H30N2O2/c1-8-9-10(12(16)18)11(14(2,3)4)13(19)17-15(5,6)7/h10-11H,8-9H2,1-7H3,(H2,16,18)(H,17,19)/t10?,11-/m1/s1. The summed E-state index contributed by atoms with van der Waals surface area (Å²) >= 11 is 0. The van der Waals surface area contributed by atoms with Crippen molar-refractivity contribution in [3.05, 3.63) is 0 Å². The quantitative estimate of drug-likeness (QED) is 0.805. The second kappa shape index (κ2) is 6.40. The average Bonchev–Trinajstić information content (AvgIpc) is 2.11. The van der Waals surface area contributed by atoms with Crippen LogP contribution in [-0.2, 0) is 9.59 Å². The predicted octanol–water partition coefficient (Wildman–Crippen LogP) is 2.46. The van der Waals surface area contributed by atoms with Crippen LogP contribution in [0.15, 0.2) is 0 Å². The zero-order valence-electron chi connectivity index (χ0n) is 13.5. The number of carbonyl (C=O) groups excluding carboxylic acids is 2. The van der Waals surface area contributed by atoms with Crippen molar-refractivity contribution in [3.63, 3.8) is 0 Å². The molecule has 0 aliphatic rings. The minimum Gasteiger partial charge on any atom is -0.369 e. The van der Waals surface area contributed by atoms with Crippen molar-refractivity contribution in [1.82, 2.24) is 5.32 Å². The van der Waals surface area contributed by atoms with Crippen LogP contribution in [0.5, 0.6) is 0 Å². The van der Waals surface area contributed by atoms with Crippen LogP contribution in [0.1, 0.15) is 61.3 Å². The first kappa shape index (κ1) is 17.9. The van der Waals surface area contributed by atoms with E-state index in [4.69, 9.17) is 5.73 Å². The van der Waals surface area contributed by atoms with Crippen molar-refractivity contribution in [3.8, 4) is 0 Å². The Labute approximate surface area is 117 Å². The summed E-state index contributed by atoms with van der Waals surface area (Å²) in [6, 6.07) is 0. The van der Waals surface area contributed by atoms with Gasteiger partial charge in [0.2, 0.25) is 11.8 Å². The highest BCUT2D eigenvalue weighted by atomic mass is 16.2.